The Hall–Kier alpha value is -1.62. The van der Waals surface area contributed by atoms with Crippen molar-refractivity contribution >= 4 is 15.8 Å². The molecule has 1 aromatic heterocycles. The van der Waals surface area contributed by atoms with E-state index in [0.717, 1.165) is 4.31 Å². The Labute approximate surface area is 144 Å². The van der Waals surface area contributed by atoms with Gasteiger partial charge in [-0.25, -0.2) is 18.4 Å². The van der Waals surface area contributed by atoms with E-state index in [0.29, 0.717) is 18.7 Å². The first-order chi connectivity index (χ1) is 11.6. The minimum absolute atomic E-state index is 0.00360. The molecule has 0 aliphatic carbocycles. The highest BCUT2D eigenvalue weighted by atomic mass is 32.2. The van der Waals surface area contributed by atoms with Gasteiger partial charge in [-0.15, -0.1) is 0 Å². The molecule has 1 unspecified atom stereocenters. The van der Waals surface area contributed by atoms with E-state index >= 15 is 0 Å². The molecule has 1 fully saturated rings. The maximum absolute atomic E-state index is 12.3. The molecule has 1 aliphatic heterocycles. The van der Waals surface area contributed by atoms with Gasteiger partial charge in [-0.1, -0.05) is 0 Å². The van der Waals surface area contributed by atoms with Gasteiger partial charge < -0.3 is 9.64 Å². The third kappa shape index (κ3) is 5.70. The van der Waals surface area contributed by atoms with Crippen molar-refractivity contribution in [2.75, 3.05) is 37.8 Å². The molecule has 1 aliphatic rings. The highest BCUT2D eigenvalue weighted by molar-refractivity contribution is 7.89. The lowest BCUT2D eigenvalue weighted by Gasteiger charge is -2.32. The third-order valence-electron chi connectivity index (χ3n) is 3.73. The molecule has 1 atom stereocenters. The summed E-state index contributed by atoms with van der Waals surface area (Å²) in [7, 11) is -0.442. The van der Waals surface area contributed by atoms with Crippen LogP contribution in [-0.4, -0.2) is 67.9 Å². The summed E-state index contributed by atoms with van der Waals surface area (Å²) in [6.07, 6.45) is -2.27. The van der Waals surface area contributed by atoms with Crippen molar-refractivity contribution < 1.29 is 26.3 Å². The van der Waals surface area contributed by atoms with Crippen LogP contribution < -0.4 is 9.64 Å². The average molecular weight is 382 g/mol. The van der Waals surface area contributed by atoms with Crippen LogP contribution in [0.1, 0.15) is 19.3 Å². The van der Waals surface area contributed by atoms with Crippen molar-refractivity contribution in [1.82, 2.24) is 14.3 Å². The number of hydrogen-bond acceptors (Lipinski definition) is 6. The highest BCUT2D eigenvalue weighted by Gasteiger charge is 2.35. The number of sulfonamides is 1. The standard InChI is InChI=1S/C14H21F3N4O3S/c1-20(2)12-13(19-7-6-18-12)24-11-4-3-8-21(10-11)25(22,23)9-5-14(15,16)17/h6-7,11H,3-5,8-10H2,1-2H3. The highest BCUT2D eigenvalue weighted by Crippen LogP contribution is 2.26. The Morgan fingerprint density at radius 2 is 2.00 bits per heavy atom. The van der Waals surface area contributed by atoms with E-state index in [1.165, 1.54) is 12.4 Å². The lowest BCUT2D eigenvalue weighted by molar-refractivity contribution is -0.130. The maximum Gasteiger partial charge on any atom is 0.390 e. The molecule has 11 heteroatoms. The van der Waals surface area contributed by atoms with Gasteiger partial charge in [-0.05, 0) is 12.8 Å². The third-order valence-corrected chi connectivity index (χ3v) is 5.56. The molecule has 0 bridgehead atoms. The van der Waals surface area contributed by atoms with Gasteiger partial charge in [-0.2, -0.15) is 17.5 Å². The van der Waals surface area contributed by atoms with E-state index in [4.69, 9.17) is 4.74 Å². The molecule has 0 aromatic carbocycles. The van der Waals surface area contributed by atoms with Gasteiger partial charge >= 0.3 is 6.18 Å². The van der Waals surface area contributed by atoms with Crippen LogP contribution >= 0.6 is 0 Å². The number of anilines is 1. The molecule has 2 heterocycles. The first-order valence-corrected chi connectivity index (χ1v) is 9.39. The van der Waals surface area contributed by atoms with E-state index < -0.39 is 34.5 Å². The molecule has 0 saturated carbocycles. The second-order valence-corrected chi connectivity index (χ2v) is 8.09. The van der Waals surface area contributed by atoms with Crippen molar-refractivity contribution in [2.24, 2.45) is 0 Å². The summed E-state index contributed by atoms with van der Waals surface area (Å²) in [4.78, 5) is 9.97. The van der Waals surface area contributed by atoms with Crippen molar-refractivity contribution in [3.05, 3.63) is 12.4 Å². The van der Waals surface area contributed by atoms with Crippen LogP contribution in [-0.2, 0) is 10.0 Å². The van der Waals surface area contributed by atoms with Crippen LogP contribution in [0.5, 0.6) is 5.88 Å². The summed E-state index contributed by atoms with van der Waals surface area (Å²) < 4.78 is 68.1. The zero-order chi connectivity index (χ0) is 18.7. The van der Waals surface area contributed by atoms with E-state index in [9.17, 15) is 21.6 Å². The molecule has 25 heavy (non-hydrogen) atoms. The van der Waals surface area contributed by atoms with E-state index in [-0.39, 0.29) is 19.0 Å². The van der Waals surface area contributed by atoms with Gasteiger partial charge in [0.1, 0.15) is 6.10 Å². The van der Waals surface area contributed by atoms with E-state index in [1.807, 2.05) is 0 Å². The molecule has 0 amide bonds. The predicted octanol–water partition coefficient (Wildman–Crippen LogP) is 1.67. The number of ether oxygens (including phenoxy) is 1. The van der Waals surface area contributed by atoms with Crippen molar-refractivity contribution in [3.8, 4) is 5.88 Å². The summed E-state index contributed by atoms with van der Waals surface area (Å²) in [6, 6.07) is 0. The normalized spacial score (nSPS) is 19.6. The summed E-state index contributed by atoms with van der Waals surface area (Å²) in [5, 5.41) is 0. The fourth-order valence-electron chi connectivity index (χ4n) is 2.49. The van der Waals surface area contributed by atoms with E-state index in [1.54, 1.807) is 19.0 Å². The molecule has 2 rings (SSSR count). The molecule has 1 aromatic rings. The maximum atomic E-state index is 12.3. The fourth-order valence-corrected chi connectivity index (χ4v) is 4.04. The Morgan fingerprint density at radius 3 is 2.64 bits per heavy atom. The van der Waals surface area contributed by atoms with Crippen LogP contribution in [0.25, 0.3) is 0 Å². The topological polar surface area (TPSA) is 75.6 Å². The first-order valence-electron chi connectivity index (χ1n) is 7.78. The Bertz CT molecular complexity index is 682. The molecule has 142 valence electrons. The quantitative estimate of drug-likeness (QED) is 0.745. The number of alkyl halides is 3. The first kappa shape index (κ1) is 19.7. The summed E-state index contributed by atoms with van der Waals surface area (Å²) in [6.45, 7) is 0.199. The lowest BCUT2D eigenvalue weighted by Crippen LogP contribution is -2.45. The number of nitrogens with zero attached hydrogens (tertiary/aromatic N) is 4. The molecule has 0 spiro atoms. The van der Waals surface area contributed by atoms with Crippen molar-refractivity contribution in [3.63, 3.8) is 0 Å². The van der Waals surface area contributed by atoms with Gasteiger partial charge in [0.05, 0.1) is 18.7 Å². The van der Waals surface area contributed by atoms with Crippen LogP contribution in [0.2, 0.25) is 0 Å². The molecule has 0 N–H and O–H groups in total. The number of aromatic nitrogens is 2. The minimum Gasteiger partial charge on any atom is -0.470 e. The van der Waals surface area contributed by atoms with Crippen LogP contribution in [0, 0.1) is 0 Å². The minimum atomic E-state index is -4.50. The van der Waals surface area contributed by atoms with Gasteiger partial charge in [0, 0.05) is 33.0 Å². The summed E-state index contributed by atoms with van der Waals surface area (Å²) in [5.41, 5.74) is 0. The second kappa shape index (κ2) is 7.73. The molecule has 7 nitrogen and oxygen atoms in total. The van der Waals surface area contributed by atoms with Gasteiger partial charge in [0.2, 0.25) is 10.0 Å². The zero-order valence-electron chi connectivity index (χ0n) is 14.0. The lowest BCUT2D eigenvalue weighted by atomic mass is 10.1. The number of halogens is 3. The van der Waals surface area contributed by atoms with Crippen LogP contribution in [0.15, 0.2) is 12.4 Å². The molecular weight excluding hydrogens is 361 g/mol. The number of hydrogen-bond donors (Lipinski definition) is 0. The summed E-state index contributed by atoms with van der Waals surface area (Å²) in [5.74, 6) is -0.177. The molecule has 1 saturated heterocycles. The zero-order valence-corrected chi connectivity index (χ0v) is 14.8. The average Bonchev–Trinajstić information content (AvgIpc) is 2.53. The monoisotopic (exact) mass is 382 g/mol. The van der Waals surface area contributed by atoms with Gasteiger partial charge in [0.15, 0.2) is 5.82 Å². The van der Waals surface area contributed by atoms with Crippen LogP contribution in [0.4, 0.5) is 19.0 Å². The summed E-state index contributed by atoms with van der Waals surface area (Å²) >= 11 is 0. The Balaban J connectivity index is 2.04. The van der Waals surface area contributed by atoms with Crippen molar-refractivity contribution in [2.45, 2.75) is 31.5 Å². The Kier molecular flexibility index (Phi) is 6.09. The van der Waals surface area contributed by atoms with Gasteiger partial charge in [-0.3, -0.25) is 0 Å². The fraction of sp³-hybridized carbons (Fsp3) is 0.714. The van der Waals surface area contributed by atoms with Gasteiger partial charge in [0.25, 0.3) is 5.88 Å². The largest absolute Gasteiger partial charge is 0.470 e. The number of rotatable bonds is 6. The molecule has 0 radical (unpaired) electrons. The molecular formula is C14H21F3N4O3S. The number of piperidine rings is 1. The van der Waals surface area contributed by atoms with Crippen LogP contribution in [0.3, 0.4) is 0 Å². The smallest absolute Gasteiger partial charge is 0.390 e. The van der Waals surface area contributed by atoms with Crippen molar-refractivity contribution in [1.29, 1.82) is 0 Å². The SMILES string of the molecule is CN(C)c1nccnc1OC1CCCN(S(=O)(=O)CCC(F)(F)F)C1. The second-order valence-electron chi connectivity index (χ2n) is 6.00. The van der Waals surface area contributed by atoms with E-state index in [2.05, 4.69) is 9.97 Å². The predicted molar refractivity (Wildman–Crippen MR) is 86.0 cm³/mol. The Morgan fingerprint density at radius 1 is 1.32 bits per heavy atom.